The van der Waals surface area contributed by atoms with Gasteiger partial charge in [-0.05, 0) is 62.1 Å². The number of oxime groups is 2. The zero-order chi connectivity index (χ0) is 49.6. The zero-order valence-corrected chi connectivity index (χ0v) is 43.2. The number of halogens is 6. The number of rotatable bonds is 25. The quantitative estimate of drug-likeness (QED) is 0.0185. The Kier molecular flexibility index (Phi) is 24.3. The molecule has 5 aromatic rings. The van der Waals surface area contributed by atoms with Crippen molar-refractivity contribution in [1.29, 1.82) is 0 Å². The van der Waals surface area contributed by atoms with Gasteiger partial charge in [0.1, 0.15) is 37.4 Å². The van der Waals surface area contributed by atoms with E-state index in [2.05, 4.69) is 35.9 Å². The van der Waals surface area contributed by atoms with E-state index in [1.807, 2.05) is 125 Å². The Bertz CT molecular complexity index is 2440. The Morgan fingerprint density at radius 3 is 1.35 bits per heavy atom. The fourth-order valence-corrected chi connectivity index (χ4v) is 8.78. The lowest BCUT2D eigenvalue weighted by molar-refractivity contribution is -0.0854. The number of nitrogens with zero attached hydrogens (tertiary/aromatic N) is 2. The molecule has 68 heavy (non-hydrogen) atoms. The molecule has 0 amide bonds. The van der Waals surface area contributed by atoms with Crippen molar-refractivity contribution in [2.75, 3.05) is 27.4 Å². The highest BCUT2D eigenvalue weighted by Gasteiger charge is 2.37. The minimum Gasteiger partial charge on any atom is -0.399 e. The Morgan fingerprint density at radius 1 is 0.559 bits per heavy atom. The first-order valence-electron chi connectivity index (χ1n) is 21.2. The summed E-state index contributed by atoms with van der Waals surface area (Å²) in [5, 5.41) is 6.81. The molecular formula is C50H56BrCl3F2N2O9S. The summed E-state index contributed by atoms with van der Waals surface area (Å²) in [5.74, 6) is 0. The first-order valence-corrected chi connectivity index (χ1v) is 24.7. The lowest BCUT2D eigenvalue weighted by atomic mass is 10.1. The average molecular weight is 1090 g/mol. The molecule has 0 aliphatic carbocycles. The van der Waals surface area contributed by atoms with Crippen LogP contribution in [0.1, 0.15) is 44.5 Å². The number of alkyl halides is 3. The van der Waals surface area contributed by atoms with E-state index < -0.39 is 45.7 Å². The summed E-state index contributed by atoms with van der Waals surface area (Å²) in [6, 6.07) is 33.3. The van der Waals surface area contributed by atoms with Crippen LogP contribution in [0.2, 0.25) is 15.1 Å². The maximum absolute atomic E-state index is 15.5. The predicted octanol–water partition coefficient (Wildman–Crippen LogP) is 12.2. The smallest absolute Gasteiger partial charge is 0.298 e. The van der Waals surface area contributed by atoms with E-state index in [1.165, 1.54) is 31.4 Å². The fraction of sp³-hybridized carbons (Fsp3) is 0.360. The first-order chi connectivity index (χ1) is 32.5. The standard InChI is InChI=1S/C28H29Cl3FNO6S.C22H27BrFNO3/c1-18-4-8-20(9-5-18)15-37-17-26(39-40(34,35)27-13-23(30)22(29)12-24(27)31)28(25(32)14-33-36-3)38-16-21-10-6-19(2)7-11-21;1-16-4-8-18(9-5-16)13-27-15-20(23)22(21(24)12-25-26-3)28-14-19-10-6-17(2)7-11-19/h4-14,25-26,28H,15-17H2,1-3H3;4-12,20-22H,13-15H2,1-3H3/t25-,26-,28+;20-,21+,22+/m10/s1. The van der Waals surface area contributed by atoms with Crippen molar-refractivity contribution < 1.29 is 50.0 Å². The molecule has 0 radical (unpaired) electrons. The van der Waals surface area contributed by atoms with Crippen LogP contribution in [0.4, 0.5) is 8.78 Å². The van der Waals surface area contributed by atoms with Gasteiger partial charge in [0.25, 0.3) is 10.1 Å². The Balaban J connectivity index is 0.000000316. The second kappa shape index (κ2) is 29.2. The number of hydrogen-bond donors (Lipinski definition) is 0. The number of hydrogen-bond acceptors (Lipinski definition) is 11. The summed E-state index contributed by atoms with van der Waals surface area (Å²) in [5.41, 5.74) is 8.08. The van der Waals surface area contributed by atoms with E-state index in [1.54, 1.807) is 0 Å². The predicted molar refractivity (Wildman–Crippen MR) is 268 cm³/mol. The van der Waals surface area contributed by atoms with E-state index in [9.17, 15) is 12.8 Å². The van der Waals surface area contributed by atoms with Crippen molar-refractivity contribution >= 4 is 73.3 Å². The van der Waals surface area contributed by atoms with Gasteiger partial charge in [0, 0.05) is 0 Å². The minimum absolute atomic E-state index is 0.0441. The Hall–Kier alpha value is -4.00. The van der Waals surface area contributed by atoms with Crippen molar-refractivity contribution in [3.8, 4) is 0 Å². The maximum Gasteiger partial charge on any atom is 0.298 e. The summed E-state index contributed by atoms with van der Waals surface area (Å²) >= 11 is 21.7. The zero-order valence-electron chi connectivity index (χ0n) is 38.5. The van der Waals surface area contributed by atoms with Gasteiger partial charge in [-0.25, -0.2) is 8.78 Å². The minimum atomic E-state index is -4.60. The molecule has 6 atom stereocenters. The molecule has 18 heteroatoms. The lowest BCUT2D eigenvalue weighted by Crippen LogP contribution is -2.44. The van der Waals surface area contributed by atoms with Crippen LogP contribution < -0.4 is 0 Å². The van der Waals surface area contributed by atoms with Gasteiger partial charge in [0.05, 0.1) is 72.0 Å². The van der Waals surface area contributed by atoms with Crippen molar-refractivity contribution in [3.05, 3.63) is 169 Å². The van der Waals surface area contributed by atoms with Crippen LogP contribution in [-0.4, -0.2) is 83.8 Å². The second-order valence-electron chi connectivity index (χ2n) is 15.6. The summed E-state index contributed by atoms with van der Waals surface area (Å²) in [6.07, 6.45) is -5.11. The molecule has 0 spiro atoms. The third-order valence-electron chi connectivity index (χ3n) is 9.93. The van der Waals surface area contributed by atoms with Gasteiger partial charge in [-0.3, -0.25) is 4.18 Å². The summed E-state index contributed by atoms with van der Waals surface area (Å²) in [6.45, 7) is 8.71. The van der Waals surface area contributed by atoms with Crippen molar-refractivity contribution in [1.82, 2.24) is 0 Å². The van der Waals surface area contributed by atoms with Crippen LogP contribution in [0.25, 0.3) is 0 Å². The van der Waals surface area contributed by atoms with Crippen LogP contribution in [0, 0.1) is 27.7 Å². The topological polar surface area (TPSA) is 123 Å². The largest absolute Gasteiger partial charge is 0.399 e. The third kappa shape index (κ3) is 19.4. The van der Waals surface area contributed by atoms with Gasteiger partial charge in [0.15, 0.2) is 12.3 Å². The van der Waals surface area contributed by atoms with Crippen molar-refractivity contribution in [2.45, 2.75) is 94.5 Å². The van der Waals surface area contributed by atoms with Crippen molar-refractivity contribution in [3.63, 3.8) is 0 Å². The molecule has 0 unspecified atom stereocenters. The molecule has 0 saturated heterocycles. The van der Waals surface area contributed by atoms with Crippen molar-refractivity contribution in [2.24, 2.45) is 10.3 Å². The van der Waals surface area contributed by atoms with Gasteiger partial charge in [-0.2, -0.15) is 8.42 Å². The van der Waals surface area contributed by atoms with Crippen LogP contribution >= 0.6 is 50.7 Å². The SMILES string of the molecule is CON=C[C@@H](F)[C@H](OCc1ccc(C)cc1)[C@@H](Br)COCc1ccc(C)cc1.CON=C[C@@H](F)[C@H](OCc1ccc(C)cc1)[C@@H](COCc1ccc(C)cc1)OS(=O)(=O)c1cc(Cl)c(Cl)cc1Cl. The summed E-state index contributed by atoms with van der Waals surface area (Å²) < 4.78 is 85.6. The van der Waals surface area contributed by atoms with E-state index in [0.29, 0.717) is 19.8 Å². The number of aryl methyl sites for hydroxylation is 4. The van der Waals surface area contributed by atoms with Crippen LogP contribution in [-0.2, 0) is 69.4 Å². The fourth-order valence-electron chi connectivity index (χ4n) is 6.09. The number of benzene rings is 5. The molecule has 0 saturated carbocycles. The van der Waals surface area contributed by atoms with Crippen LogP contribution in [0.5, 0.6) is 0 Å². The second-order valence-corrected chi connectivity index (χ2v) is 19.5. The molecule has 0 aromatic heterocycles. The van der Waals surface area contributed by atoms with Crippen LogP contribution in [0.15, 0.2) is 124 Å². The molecule has 0 aliphatic heterocycles. The van der Waals surface area contributed by atoms with E-state index in [0.717, 1.165) is 51.9 Å². The van der Waals surface area contributed by atoms with Gasteiger partial charge in [-0.15, -0.1) is 0 Å². The Morgan fingerprint density at radius 2 is 0.926 bits per heavy atom. The normalized spacial score (nSPS) is 14.5. The van der Waals surface area contributed by atoms with E-state index in [-0.39, 0.29) is 39.7 Å². The number of ether oxygens (including phenoxy) is 4. The molecule has 0 aliphatic rings. The van der Waals surface area contributed by atoms with E-state index in [4.69, 9.17) is 57.9 Å². The third-order valence-corrected chi connectivity index (χ3v) is 13.2. The lowest BCUT2D eigenvalue weighted by Gasteiger charge is -2.28. The molecule has 0 fully saturated rings. The molecule has 0 bridgehead atoms. The highest BCUT2D eigenvalue weighted by molar-refractivity contribution is 9.09. The van der Waals surface area contributed by atoms with E-state index >= 15 is 4.39 Å². The highest BCUT2D eigenvalue weighted by Crippen LogP contribution is 2.34. The molecule has 368 valence electrons. The molecular weight excluding hydrogens is 1030 g/mol. The molecule has 0 N–H and O–H groups in total. The summed E-state index contributed by atoms with van der Waals surface area (Å²) in [7, 11) is -1.97. The monoisotopic (exact) mass is 1080 g/mol. The molecule has 11 nitrogen and oxygen atoms in total. The van der Waals surface area contributed by atoms with Crippen LogP contribution in [0.3, 0.4) is 0 Å². The van der Waals surface area contributed by atoms with Gasteiger partial charge >= 0.3 is 0 Å². The average Bonchev–Trinajstić information content (AvgIpc) is 3.31. The molecule has 5 aromatic carbocycles. The van der Waals surface area contributed by atoms with Gasteiger partial charge in [-0.1, -0.05) is 180 Å². The maximum atomic E-state index is 15.5. The first kappa shape index (κ1) is 56.6. The van der Waals surface area contributed by atoms with Gasteiger partial charge in [0.2, 0.25) is 0 Å². The van der Waals surface area contributed by atoms with Gasteiger partial charge < -0.3 is 28.6 Å². The Labute approximate surface area is 421 Å². The summed E-state index contributed by atoms with van der Waals surface area (Å²) in [4.78, 5) is 8.43. The molecule has 5 rings (SSSR count). The highest BCUT2D eigenvalue weighted by atomic mass is 79.9. The molecule has 0 heterocycles.